The van der Waals surface area contributed by atoms with Crippen LogP contribution in [-0.4, -0.2) is 46.1 Å². The maximum Gasteiger partial charge on any atom is 0.243 e. The zero-order chi connectivity index (χ0) is 15.5. The van der Waals surface area contributed by atoms with Crippen LogP contribution in [0.25, 0.3) is 0 Å². The second-order valence-corrected chi connectivity index (χ2v) is 7.68. The maximum absolute atomic E-state index is 12.8. The van der Waals surface area contributed by atoms with Crippen molar-refractivity contribution in [2.45, 2.75) is 25.2 Å². The highest BCUT2D eigenvalue weighted by Gasteiger charge is 2.26. The second-order valence-electron chi connectivity index (χ2n) is 5.75. The van der Waals surface area contributed by atoms with Crippen LogP contribution in [0.2, 0.25) is 0 Å². The van der Waals surface area contributed by atoms with Gasteiger partial charge in [0.15, 0.2) is 0 Å². The molecule has 118 valence electrons. The molecule has 1 aliphatic rings. The highest BCUT2D eigenvalue weighted by Crippen LogP contribution is 2.27. The van der Waals surface area contributed by atoms with Gasteiger partial charge in [0, 0.05) is 32.4 Å². The average Bonchev–Trinajstić information content (AvgIpc) is 2.90. The minimum absolute atomic E-state index is 0.268. The molecule has 0 saturated heterocycles. The number of fused-ring (bicyclic) bond motifs is 1. The van der Waals surface area contributed by atoms with Crippen LogP contribution in [0.3, 0.4) is 0 Å². The van der Waals surface area contributed by atoms with Crippen molar-refractivity contribution in [3.05, 3.63) is 23.8 Å². The molecule has 0 bridgehead atoms. The van der Waals surface area contributed by atoms with Crippen molar-refractivity contribution in [3.63, 3.8) is 0 Å². The van der Waals surface area contributed by atoms with Gasteiger partial charge in [0.25, 0.3) is 0 Å². The molecule has 0 radical (unpaired) electrons. The number of hydrogen-bond acceptors (Lipinski definition) is 4. The Morgan fingerprint density at radius 1 is 1.38 bits per heavy atom. The molecule has 0 aromatic heterocycles. The lowest BCUT2D eigenvalue weighted by Crippen LogP contribution is -2.36. The number of anilines is 1. The minimum atomic E-state index is -3.48. The molecule has 5 nitrogen and oxygen atoms in total. The first kappa shape index (κ1) is 16.3. The van der Waals surface area contributed by atoms with Crippen LogP contribution in [0, 0.1) is 5.92 Å². The van der Waals surface area contributed by atoms with Gasteiger partial charge in [-0.1, -0.05) is 19.9 Å². The molecule has 2 rings (SSSR count). The van der Waals surface area contributed by atoms with E-state index in [1.165, 1.54) is 9.87 Å². The fraction of sp³-hybridized carbons (Fsp3) is 0.600. The number of benzene rings is 1. The summed E-state index contributed by atoms with van der Waals surface area (Å²) in [6, 6.07) is 5.37. The molecule has 1 N–H and O–H groups in total. The van der Waals surface area contributed by atoms with Gasteiger partial charge in [-0.25, -0.2) is 8.42 Å². The van der Waals surface area contributed by atoms with Crippen LogP contribution >= 0.6 is 0 Å². The third kappa shape index (κ3) is 3.75. The molecule has 1 aromatic carbocycles. The van der Waals surface area contributed by atoms with Crippen LogP contribution < -0.4 is 5.32 Å². The van der Waals surface area contributed by atoms with Gasteiger partial charge in [0.2, 0.25) is 10.0 Å². The van der Waals surface area contributed by atoms with Crippen molar-refractivity contribution in [1.82, 2.24) is 4.31 Å². The number of rotatable bonds is 7. The second kappa shape index (κ2) is 6.77. The van der Waals surface area contributed by atoms with Gasteiger partial charge in [-0.2, -0.15) is 4.31 Å². The van der Waals surface area contributed by atoms with E-state index in [0.717, 1.165) is 18.7 Å². The number of nitrogens with one attached hydrogen (secondary N) is 1. The standard InChI is InChI=1S/C15H24N2O3S/c1-12(2)11-17(8-9-20-3)21(18,19)14-5-4-13-6-7-16-15(13)10-14/h4-5,10,12,16H,6-9,11H2,1-3H3. The summed E-state index contributed by atoms with van der Waals surface area (Å²) in [5, 5.41) is 3.23. The first-order chi connectivity index (χ1) is 9.95. The van der Waals surface area contributed by atoms with Gasteiger partial charge in [-0.3, -0.25) is 0 Å². The summed E-state index contributed by atoms with van der Waals surface area (Å²) >= 11 is 0. The van der Waals surface area contributed by atoms with E-state index in [1.54, 1.807) is 19.2 Å². The summed E-state index contributed by atoms with van der Waals surface area (Å²) in [5.74, 6) is 0.268. The predicted octanol–water partition coefficient (Wildman–Crippen LogP) is 1.95. The first-order valence-electron chi connectivity index (χ1n) is 7.31. The summed E-state index contributed by atoms with van der Waals surface area (Å²) in [4.78, 5) is 0.354. The molecule has 0 spiro atoms. The summed E-state index contributed by atoms with van der Waals surface area (Å²) in [5.41, 5.74) is 2.12. The van der Waals surface area contributed by atoms with Crippen LogP contribution in [0.5, 0.6) is 0 Å². The Morgan fingerprint density at radius 3 is 2.81 bits per heavy atom. The lowest BCUT2D eigenvalue weighted by atomic mass is 10.2. The molecule has 0 atom stereocenters. The molecule has 1 aromatic rings. The molecule has 0 amide bonds. The van der Waals surface area contributed by atoms with Gasteiger partial charge < -0.3 is 10.1 Å². The number of ether oxygens (including phenoxy) is 1. The largest absolute Gasteiger partial charge is 0.384 e. The van der Waals surface area contributed by atoms with E-state index < -0.39 is 10.0 Å². The fourth-order valence-corrected chi connectivity index (χ4v) is 4.10. The number of nitrogens with zero attached hydrogens (tertiary/aromatic N) is 1. The number of sulfonamides is 1. The van der Waals surface area contributed by atoms with E-state index in [-0.39, 0.29) is 5.92 Å². The Morgan fingerprint density at radius 2 is 2.14 bits per heavy atom. The monoisotopic (exact) mass is 312 g/mol. The van der Waals surface area contributed by atoms with E-state index in [9.17, 15) is 8.42 Å². The topological polar surface area (TPSA) is 58.6 Å². The van der Waals surface area contributed by atoms with Crippen LogP contribution in [0.4, 0.5) is 5.69 Å². The Balaban J connectivity index is 2.28. The van der Waals surface area contributed by atoms with Crippen LogP contribution in [-0.2, 0) is 21.2 Å². The quantitative estimate of drug-likeness (QED) is 0.836. The highest BCUT2D eigenvalue weighted by atomic mass is 32.2. The van der Waals surface area contributed by atoms with Gasteiger partial charge >= 0.3 is 0 Å². The number of hydrogen-bond donors (Lipinski definition) is 1. The summed E-state index contributed by atoms with van der Waals surface area (Å²) in [6.07, 6.45) is 0.953. The molecule has 0 saturated carbocycles. The lowest BCUT2D eigenvalue weighted by molar-refractivity contribution is 0.175. The van der Waals surface area contributed by atoms with E-state index >= 15 is 0 Å². The van der Waals surface area contributed by atoms with Crippen molar-refractivity contribution in [2.75, 3.05) is 38.7 Å². The van der Waals surface area contributed by atoms with Gasteiger partial charge in [0.05, 0.1) is 11.5 Å². The van der Waals surface area contributed by atoms with Gasteiger partial charge in [-0.05, 0) is 30.0 Å². The molecule has 0 aliphatic carbocycles. The molecule has 0 unspecified atom stereocenters. The molecule has 6 heteroatoms. The van der Waals surface area contributed by atoms with E-state index in [4.69, 9.17) is 4.74 Å². The molecule has 1 aliphatic heterocycles. The summed E-state index contributed by atoms with van der Waals surface area (Å²) in [7, 11) is -1.89. The average molecular weight is 312 g/mol. The number of methoxy groups -OCH3 is 1. The van der Waals surface area contributed by atoms with Crippen LogP contribution in [0.1, 0.15) is 19.4 Å². The fourth-order valence-electron chi connectivity index (χ4n) is 2.49. The summed E-state index contributed by atoms with van der Waals surface area (Å²) in [6.45, 7) is 6.17. The summed E-state index contributed by atoms with van der Waals surface area (Å²) < 4.78 is 32.2. The normalized spacial score (nSPS) is 14.5. The van der Waals surface area contributed by atoms with E-state index in [1.807, 2.05) is 19.9 Å². The van der Waals surface area contributed by atoms with E-state index in [0.29, 0.717) is 24.6 Å². The van der Waals surface area contributed by atoms with Crippen molar-refractivity contribution in [3.8, 4) is 0 Å². The van der Waals surface area contributed by atoms with Crippen molar-refractivity contribution >= 4 is 15.7 Å². The Hall–Kier alpha value is -1.11. The van der Waals surface area contributed by atoms with Gasteiger partial charge in [-0.15, -0.1) is 0 Å². The van der Waals surface area contributed by atoms with Crippen LogP contribution in [0.15, 0.2) is 23.1 Å². The Kier molecular flexibility index (Phi) is 5.24. The van der Waals surface area contributed by atoms with E-state index in [2.05, 4.69) is 5.32 Å². The SMILES string of the molecule is COCCN(CC(C)C)S(=O)(=O)c1ccc2c(c1)NCC2. The zero-order valence-electron chi connectivity index (χ0n) is 12.9. The Bertz CT molecular complexity index is 585. The van der Waals surface area contributed by atoms with Gasteiger partial charge in [0.1, 0.15) is 0 Å². The highest BCUT2D eigenvalue weighted by molar-refractivity contribution is 7.89. The third-order valence-corrected chi connectivity index (χ3v) is 5.40. The molecule has 1 heterocycles. The maximum atomic E-state index is 12.8. The first-order valence-corrected chi connectivity index (χ1v) is 8.75. The molecular weight excluding hydrogens is 288 g/mol. The molecule has 21 heavy (non-hydrogen) atoms. The smallest absolute Gasteiger partial charge is 0.243 e. The van der Waals surface area contributed by atoms with Crippen molar-refractivity contribution in [1.29, 1.82) is 0 Å². The molecular formula is C15H24N2O3S. The predicted molar refractivity (Wildman–Crippen MR) is 84.1 cm³/mol. The molecule has 0 fully saturated rings. The third-order valence-electron chi connectivity index (χ3n) is 3.54. The minimum Gasteiger partial charge on any atom is -0.384 e. The lowest BCUT2D eigenvalue weighted by Gasteiger charge is -2.24. The van der Waals surface area contributed by atoms with Crippen molar-refractivity contribution in [2.24, 2.45) is 5.92 Å². The zero-order valence-corrected chi connectivity index (χ0v) is 13.7. The van der Waals surface area contributed by atoms with Crippen molar-refractivity contribution < 1.29 is 13.2 Å². The Labute approximate surface area is 127 Å².